The van der Waals surface area contributed by atoms with E-state index in [1.54, 1.807) is 0 Å². The number of nitrogens with one attached hydrogen (secondary N) is 1. The van der Waals surface area contributed by atoms with Gasteiger partial charge in [0.05, 0.1) is 19.8 Å². The van der Waals surface area contributed by atoms with Gasteiger partial charge in [-0.15, -0.1) is 0 Å². The quantitative estimate of drug-likeness (QED) is 0.126. The van der Waals surface area contributed by atoms with Crippen LogP contribution in [0, 0.1) is 0 Å². The number of ether oxygens (including phenoxy) is 6. The van der Waals surface area contributed by atoms with Gasteiger partial charge in [0.2, 0.25) is 5.91 Å². The molecule has 0 radical (unpaired) electrons. The second-order valence-electron chi connectivity index (χ2n) is 9.28. The Hall–Kier alpha value is -1.13. The molecule has 15 atom stereocenters. The molecule has 1 amide bonds. The van der Waals surface area contributed by atoms with Crippen molar-refractivity contribution in [3.8, 4) is 0 Å². The summed E-state index contributed by atoms with van der Waals surface area (Å²) in [5, 5.41) is 94.2. The summed E-state index contributed by atoms with van der Waals surface area (Å²) in [4.78, 5) is 11.6. The van der Waals surface area contributed by atoms with Gasteiger partial charge in [-0.3, -0.25) is 4.79 Å². The Morgan fingerprint density at radius 2 is 1.16 bits per heavy atom. The lowest BCUT2D eigenvalue weighted by Gasteiger charge is -2.48. The first-order valence-corrected chi connectivity index (χ1v) is 12.0. The van der Waals surface area contributed by atoms with Gasteiger partial charge in [-0.1, -0.05) is 0 Å². The lowest BCUT2D eigenvalue weighted by atomic mass is 9.95. The Balaban J connectivity index is 1.81. The van der Waals surface area contributed by atoms with Gasteiger partial charge in [0.1, 0.15) is 73.2 Å². The number of carbonyl (C=O) groups is 1. The van der Waals surface area contributed by atoms with Crippen LogP contribution in [0.25, 0.3) is 0 Å². The normalized spacial score (nSPS) is 48.0. The van der Waals surface area contributed by atoms with Gasteiger partial charge in [-0.2, -0.15) is 0 Å². The Labute approximate surface area is 217 Å². The summed E-state index contributed by atoms with van der Waals surface area (Å²) in [5.74, 6) is -0.536. The van der Waals surface area contributed by atoms with Crippen LogP contribution >= 0.6 is 0 Å². The van der Waals surface area contributed by atoms with Crippen molar-refractivity contribution in [2.75, 3.05) is 26.9 Å². The van der Waals surface area contributed by atoms with Gasteiger partial charge >= 0.3 is 0 Å². The van der Waals surface area contributed by atoms with Crippen molar-refractivity contribution in [1.82, 2.24) is 5.32 Å². The summed E-state index contributed by atoms with van der Waals surface area (Å²) in [6.07, 6.45) is -22.3. The molecule has 3 fully saturated rings. The predicted octanol–water partition coefficient (Wildman–Crippen LogP) is -6.78. The maximum absolute atomic E-state index is 11.6. The molecule has 0 saturated carbocycles. The lowest BCUT2D eigenvalue weighted by molar-refractivity contribution is -0.375. The van der Waals surface area contributed by atoms with Crippen molar-refractivity contribution < 1.29 is 79.2 Å². The van der Waals surface area contributed by atoms with Crippen LogP contribution in [0.2, 0.25) is 0 Å². The maximum atomic E-state index is 11.6. The first-order valence-electron chi connectivity index (χ1n) is 12.0. The van der Waals surface area contributed by atoms with Gasteiger partial charge < -0.3 is 79.7 Å². The molecular formula is C21H37NO16. The fourth-order valence-corrected chi connectivity index (χ4v) is 4.64. The molecule has 0 aromatic heterocycles. The van der Waals surface area contributed by atoms with Crippen LogP contribution in [-0.4, -0.2) is 171 Å². The van der Waals surface area contributed by atoms with Gasteiger partial charge in [0.25, 0.3) is 0 Å². The summed E-state index contributed by atoms with van der Waals surface area (Å²) < 4.78 is 32.7. The van der Waals surface area contributed by atoms with E-state index in [-0.39, 0.29) is 0 Å². The lowest BCUT2D eigenvalue weighted by Crippen LogP contribution is -2.68. The van der Waals surface area contributed by atoms with Gasteiger partial charge in [0.15, 0.2) is 18.9 Å². The highest BCUT2D eigenvalue weighted by atomic mass is 16.8. The maximum Gasteiger partial charge on any atom is 0.217 e. The molecule has 0 spiro atoms. The molecular weight excluding hydrogens is 522 g/mol. The zero-order chi connectivity index (χ0) is 28.3. The zero-order valence-electron chi connectivity index (χ0n) is 20.7. The molecule has 222 valence electrons. The zero-order valence-corrected chi connectivity index (χ0v) is 20.7. The van der Waals surface area contributed by atoms with E-state index in [0.29, 0.717) is 0 Å². The highest BCUT2D eigenvalue weighted by molar-refractivity contribution is 5.73. The molecule has 0 aliphatic carbocycles. The van der Waals surface area contributed by atoms with Crippen molar-refractivity contribution >= 4 is 5.91 Å². The molecule has 3 rings (SSSR count). The summed E-state index contributed by atoms with van der Waals surface area (Å²) >= 11 is 0. The third-order valence-corrected chi connectivity index (χ3v) is 6.71. The van der Waals surface area contributed by atoms with E-state index in [4.69, 9.17) is 28.4 Å². The molecule has 0 bridgehead atoms. The molecule has 3 saturated heterocycles. The average Bonchev–Trinajstić information content (AvgIpc) is 2.89. The minimum absolute atomic E-state index is 0.536. The second kappa shape index (κ2) is 13.5. The summed E-state index contributed by atoms with van der Waals surface area (Å²) in [6.45, 7) is -1.05. The third-order valence-electron chi connectivity index (χ3n) is 6.71. The number of rotatable bonds is 9. The van der Waals surface area contributed by atoms with Gasteiger partial charge in [0, 0.05) is 14.0 Å². The van der Waals surface area contributed by atoms with Crippen LogP contribution in [0.5, 0.6) is 0 Å². The Bertz CT molecular complexity index is 761. The van der Waals surface area contributed by atoms with Crippen molar-refractivity contribution in [2.45, 2.75) is 99.0 Å². The Morgan fingerprint density at radius 3 is 1.68 bits per heavy atom. The van der Waals surface area contributed by atoms with Crippen molar-refractivity contribution in [3.05, 3.63) is 0 Å². The second-order valence-corrected chi connectivity index (χ2v) is 9.28. The van der Waals surface area contributed by atoms with Crippen molar-refractivity contribution in [2.24, 2.45) is 0 Å². The largest absolute Gasteiger partial charge is 0.394 e. The first-order chi connectivity index (χ1) is 18.0. The number of aliphatic hydroxyl groups excluding tert-OH is 9. The number of aliphatic hydroxyl groups is 9. The van der Waals surface area contributed by atoms with Gasteiger partial charge in [-0.25, -0.2) is 0 Å². The molecule has 0 unspecified atom stereocenters. The van der Waals surface area contributed by atoms with E-state index in [9.17, 15) is 50.8 Å². The van der Waals surface area contributed by atoms with Crippen LogP contribution in [0.3, 0.4) is 0 Å². The highest BCUT2D eigenvalue weighted by Gasteiger charge is 2.53. The van der Waals surface area contributed by atoms with Crippen LogP contribution in [0.1, 0.15) is 6.92 Å². The van der Waals surface area contributed by atoms with E-state index in [1.165, 1.54) is 14.0 Å². The fourth-order valence-electron chi connectivity index (χ4n) is 4.64. The van der Waals surface area contributed by atoms with E-state index in [1.807, 2.05) is 0 Å². The first kappa shape index (κ1) is 31.4. The number of amides is 1. The van der Waals surface area contributed by atoms with Crippen molar-refractivity contribution in [1.29, 1.82) is 0 Å². The number of hydrogen-bond donors (Lipinski definition) is 10. The fraction of sp³-hybridized carbons (Fsp3) is 0.952. The smallest absolute Gasteiger partial charge is 0.217 e. The minimum atomic E-state index is -1.88. The van der Waals surface area contributed by atoms with E-state index in [0.717, 1.165) is 0 Å². The molecule has 3 aliphatic rings. The van der Waals surface area contributed by atoms with E-state index in [2.05, 4.69) is 5.32 Å². The van der Waals surface area contributed by atoms with E-state index < -0.39 is 118 Å². The standard InChI is InChI=1S/C21H37NO16/c1-6(26)22-10-13(29)17(9(5-25)36-19(10)33-2)37-21-16(32)18(12(28)8(4-24)35-21)38-20-15(31)14(30)11(27)7(3-23)34-20/h7-21,23-25,27-32H,3-5H2,1-2H3,(H,22,26)/t7-,8-,9-,10-,11+,12+,13-,14+,15-,16-,17-,18+,19-,20-,21+/m1/s1. The molecule has 0 aromatic rings. The molecule has 38 heavy (non-hydrogen) atoms. The Morgan fingerprint density at radius 1 is 0.658 bits per heavy atom. The summed E-state index contributed by atoms with van der Waals surface area (Å²) in [6, 6.07) is -1.16. The highest BCUT2D eigenvalue weighted by Crippen LogP contribution is 2.32. The molecule has 17 nitrogen and oxygen atoms in total. The predicted molar refractivity (Wildman–Crippen MR) is 118 cm³/mol. The molecule has 0 aromatic carbocycles. The molecule has 3 heterocycles. The Kier molecular flexibility index (Phi) is 11.1. The number of methoxy groups -OCH3 is 1. The SMILES string of the molecule is CO[C@@H]1O[C@H](CO)[C@@H](O[C@@H]2O[C@H](CO)[C@H](O)[C@H](O[C@H]3O[C@H](CO)[C@H](O)[C@H](O)[C@H]3O)[C@H]2O)[C@H](O)[C@H]1NC(C)=O. The number of hydrogen-bond acceptors (Lipinski definition) is 16. The number of carbonyl (C=O) groups excluding carboxylic acids is 1. The average molecular weight is 560 g/mol. The topological polar surface area (TPSA) is 267 Å². The summed E-state index contributed by atoms with van der Waals surface area (Å²) in [5.41, 5.74) is 0. The molecule has 3 aliphatic heterocycles. The summed E-state index contributed by atoms with van der Waals surface area (Å²) in [7, 11) is 1.25. The monoisotopic (exact) mass is 559 g/mol. The van der Waals surface area contributed by atoms with Crippen LogP contribution in [0.4, 0.5) is 0 Å². The third kappa shape index (κ3) is 6.43. The van der Waals surface area contributed by atoms with Gasteiger partial charge in [-0.05, 0) is 0 Å². The molecule has 17 heteroatoms. The molecule has 10 N–H and O–H groups in total. The van der Waals surface area contributed by atoms with Crippen LogP contribution in [0.15, 0.2) is 0 Å². The van der Waals surface area contributed by atoms with Crippen LogP contribution in [-0.2, 0) is 33.2 Å². The van der Waals surface area contributed by atoms with E-state index >= 15 is 0 Å². The van der Waals surface area contributed by atoms with Crippen molar-refractivity contribution in [3.63, 3.8) is 0 Å². The minimum Gasteiger partial charge on any atom is -0.394 e. The van der Waals surface area contributed by atoms with Crippen LogP contribution < -0.4 is 5.32 Å².